The molecule has 0 unspecified atom stereocenters. The van der Waals surface area contributed by atoms with Gasteiger partial charge in [0.25, 0.3) is 15.9 Å². The molecule has 1 aliphatic heterocycles. The van der Waals surface area contributed by atoms with Crippen LogP contribution in [-0.2, 0) is 10.0 Å². The molecular weight excluding hydrogens is 458 g/mol. The summed E-state index contributed by atoms with van der Waals surface area (Å²) in [5.41, 5.74) is 2.26. The number of carbonyl (C=O) groups is 1. The molecule has 1 fully saturated rings. The van der Waals surface area contributed by atoms with Crippen LogP contribution in [0.2, 0.25) is 5.02 Å². The Morgan fingerprint density at radius 3 is 2.33 bits per heavy atom. The standard InChI is InChI=1S/C25H26ClN3O3S/c1-28(19-10-4-2-5-11-19)33(31,32)20-14-15-22(26)21(18-20)25(30)27-23-12-6-7-13-24(23)29-16-8-3-9-17-29/h2,4-7,10-15,18H,3,8-9,16-17H2,1H3,(H,27,30). The number of hydrogen-bond acceptors (Lipinski definition) is 4. The van der Waals surface area contributed by atoms with Gasteiger partial charge in [-0.2, -0.15) is 0 Å². The second-order valence-corrected chi connectivity index (χ2v) is 10.3. The van der Waals surface area contributed by atoms with Crippen molar-refractivity contribution < 1.29 is 13.2 Å². The van der Waals surface area contributed by atoms with Crippen LogP contribution >= 0.6 is 11.6 Å². The van der Waals surface area contributed by atoms with Gasteiger partial charge in [-0.05, 0) is 61.7 Å². The number of hydrogen-bond donors (Lipinski definition) is 1. The summed E-state index contributed by atoms with van der Waals surface area (Å²) in [7, 11) is -2.40. The minimum atomic E-state index is -3.88. The summed E-state index contributed by atoms with van der Waals surface area (Å²) in [6.45, 7) is 1.88. The van der Waals surface area contributed by atoms with Gasteiger partial charge in [-0.15, -0.1) is 0 Å². The monoisotopic (exact) mass is 483 g/mol. The second-order valence-electron chi connectivity index (χ2n) is 7.97. The summed E-state index contributed by atoms with van der Waals surface area (Å²) < 4.78 is 27.5. The number of sulfonamides is 1. The average Bonchev–Trinajstić information content (AvgIpc) is 2.85. The van der Waals surface area contributed by atoms with E-state index >= 15 is 0 Å². The number of piperidine rings is 1. The predicted octanol–water partition coefficient (Wildman–Crippen LogP) is 5.41. The number of benzene rings is 3. The highest BCUT2D eigenvalue weighted by molar-refractivity contribution is 7.92. The van der Waals surface area contributed by atoms with E-state index in [1.165, 1.54) is 36.0 Å². The van der Waals surface area contributed by atoms with Crippen molar-refractivity contribution in [3.05, 3.63) is 83.4 Å². The summed E-state index contributed by atoms with van der Waals surface area (Å²) in [6.07, 6.45) is 3.44. The lowest BCUT2D eigenvalue weighted by molar-refractivity contribution is 0.102. The predicted molar refractivity (Wildman–Crippen MR) is 134 cm³/mol. The average molecular weight is 484 g/mol. The molecule has 172 valence electrons. The largest absolute Gasteiger partial charge is 0.370 e. The van der Waals surface area contributed by atoms with E-state index in [1.807, 2.05) is 30.3 Å². The molecular formula is C25H26ClN3O3S. The topological polar surface area (TPSA) is 69.7 Å². The Kier molecular flexibility index (Phi) is 6.91. The van der Waals surface area contributed by atoms with E-state index in [-0.39, 0.29) is 15.5 Å². The van der Waals surface area contributed by atoms with Gasteiger partial charge in [0.1, 0.15) is 0 Å². The fraction of sp³-hybridized carbons (Fsp3) is 0.240. The van der Waals surface area contributed by atoms with Crippen molar-refractivity contribution in [2.24, 2.45) is 0 Å². The smallest absolute Gasteiger partial charge is 0.264 e. The van der Waals surface area contributed by atoms with Gasteiger partial charge < -0.3 is 10.2 Å². The normalized spacial score (nSPS) is 14.1. The van der Waals surface area contributed by atoms with E-state index in [9.17, 15) is 13.2 Å². The molecule has 0 aromatic heterocycles. The number of halogens is 1. The maximum Gasteiger partial charge on any atom is 0.264 e. The Morgan fingerprint density at radius 2 is 1.61 bits per heavy atom. The molecule has 1 aliphatic rings. The summed E-state index contributed by atoms with van der Waals surface area (Å²) in [5, 5.41) is 3.12. The van der Waals surface area contributed by atoms with Crippen LogP contribution in [0.4, 0.5) is 17.1 Å². The van der Waals surface area contributed by atoms with Crippen molar-refractivity contribution in [2.75, 3.05) is 34.7 Å². The highest BCUT2D eigenvalue weighted by atomic mass is 35.5. The van der Waals surface area contributed by atoms with E-state index in [0.29, 0.717) is 11.4 Å². The molecule has 33 heavy (non-hydrogen) atoms. The van der Waals surface area contributed by atoms with Crippen molar-refractivity contribution in [1.29, 1.82) is 0 Å². The highest BCUT2D eigenvalue weighted by Gasteiger charge is 2.24. The lowest BCUT2D eigenvalue weighted by Crippen LogP contribution is -2.30. The van der Waals surface area contributed by atoms with Gasteiger partial charge in [-0.1, -0.05) is 41.9 Å². The maximum atomic E-state index is 13.2. The van der Waals surface area contributed by atoms with Gasteiger partial charge in [0.2, 0.25) is 0 Å². The molecule has 3 aromatic rings. The molecule has 0 aliphatic carbocycles. The van der Waals surface area contributed by atoms with E-state index in [1.54, 1.807) is 24.3 Å². The number of nitrogens with one attached hydrogen (secondary N) is 1. The van der Waals surface area contributed by atoms with Crippen LogP contribution in [-0.4, -0.2) is 34.5 Å². The first kappa shape index (κ1) is 23.1. The first-order valence-corrected chi connectivity index (χ1v) is 12.7. The molecule has 4 rings (SSSR count). The lowest BCUT2D eigenvalue weighted by Gasteiger charge is -2.30. The SMILES string of the molecule is CN(c1ccccc1)S(=O)(=O)c1ccc(Cl)c(C(=O)Nc2ccccc2N2CCCCC2)c1. The van der Waals surface area contributed by atoms with Gasteiger partial charge in [-0.3, -0.25) is 9.10 Å². The molecule has 6 nitrogen and oxygen atoms in total. The Hall–Kier alpha value is -3.03. The molecule has 0 atom stereocenters. The molecule has 3 aromatic carbocycles. The third-order valence-corrected chi connectivity index (χ3v) is 7.92. The van der Waals surface area contributed by atoms with Crippen LogP contribution in [0.3, 0.4) is 0 Å². The number of nitrogens with zero attached hydrogens (tertiary/aromatic N) is 2. The summed E-state index contributed by atoms with van der Waals surface area (Å²) in [6, 6.07) is 20.6. The molecule has 1 N–H and O–H groups in total. The number of carbonyl (C=O) groups excluding carboxylic acids is 1. The number of anilines is 3. The number of amides is 1. The van der Waals surface area contributed by atoms with Crippen molar-refractivity contribution in [3.63, 3.8) is 0 Å². The van der Waals surface area contributed by atoms with Gasteiger partial charge in [-0.25, -0.2) is 8.42 Å². The fourth-order valence-corrected chi connectivity index (χ4v) is 5.38. The van der Waals surface area contributed by atoms with Crippen LogP contribution in [0, 0.1) is 0 Å². The summed E-state index contributed by atoms with van der Waals surface area (Å²) in [4.78, 5) is 15.4. The Balaban J connectivity index is 1.62. The molecule has 0 saturated carbocycles. The zero-order chi connectivity index (χ0) is 23.4. The minimum absolute atomic E-state index is 0.00674. The summed E-state index contributed by atoms with van der Waals surface area (Å²) in [5.74, 6) is -0.455. The first-order chi connectivity index (χ1) is 15.9. The number of rotatable bonds is 6. The second kappa shape index (κ2) is 9.85. The zero-order valence-electron chi connectivity index (χ0n) is 18.4. The quantitative estimate of drug-likeness (QED) is 0.509. The van der Waals surface area contributed by atoms with Gasteiger partial charge in [0.05, 0.1) is 32.5 Å². The van der Waals surface area contributed by atoms with E-state index in [4.69, 9.17) is 11.6 Å². The molecule has 0 spiro atoms. The molecule has 0 radical (unpaired) electrons. The minimum Gasteiger partial charge on any atom is -0.370 e. The third-order valence-electron chi connectivity index (χ3n) is 5.81. The van der Waals surface area contributed by atoms with Crippen molar-refractivity contribution in [1.82, 2.24) is 0 Å². The molecule has 1 heterocycles. The van der Waals surface area contributed by atoms with Crippen LogP contribution in [0.25, 0.3) is 0 Å². The molecule has 1 amide bonds. The van der Waals surface area contributed by atoms with Crippen LogP contribution < -0.4 is 14.5 Å². The third kappa shape index (κ3) is 4.99. The first-order valence-electron chi connectivity index (χ1n) is 10.9. The van der Waals surface area contributed by atoms with Crippen molar-refractivity contribution >= 4 is 44.6 Å². The van der Waals surface area contributed by atoms with Crippen molar-refractivity contribution in [3.8, 4) is 0 Å². The molecule has 0 bridgehead atoms. The Bertz CT molecular complexity index is 1240. The van der Waals surface area contributed by atoms with E-state index < -0.39 is 15.9 Å². The highest BCUT2D eigenvalue weighted by Crippen LogP contribution is 2.30. The lowest BCUT2D eigenvalue weighted by atomic mass is 10.1. The zero-order valence-corrected chi connectivity index (χ0v) is 19.9. The molecule has 1 saturated heterocycles. The fourth-order valence-electron chi connectivity index (χ4n) is 3.95. The Labute approximate surface area is 199 Å². The summed E-state index contributed by atoms with van der Waals surface area (Å²) >= 11 is 6.31. The van der Waals surface area contributed by atoms with E-state index in [0.717, 1.165) is 31.6 Å². The van der Waals surface area contributed by atoms with Gasteiger partial charge in [0, 0.05) is 20.1 Å². The van der Waals surface area contributed by atoms with Crippen LogP contribution in [0.5, 0.6) is 0 Å². The van der Waals surface area contributed by atoms with Crippen LogP contribution in [0.15, 0.2) is 77.7 Å². The van der Waals surface area contributed by atoms with Gasteiger partial charge >= 0.3 is 0 Å². The maximum absolute atomic E-state index is 13.2. The number of para-hydroxylation sites is 3. The Morgan fingerprint density at radius 1 is 0.939 bits per heavy atom. The van der Waals surface area contributed by atoms with Crippen molar-refractivity contribution in [2.45, 2.75) is 24.2 Å². The van der Waals surface area contributed by atoms with E-state index in [2.05, 4.69) is 10.2 Å². The molecule has 8 heteroatoms. The van der Waals surface area contributed by atoms with Crippen LogP contribution in [0.1, 0.15) is 29.6 Å². The van der Waals surface area contributed by atoms with Gasteiger partial charge in [0.15, 0.2) is 0 Å².